The van der Waals surface area contributed by atoms with E-state index in [1.165, 1.54) is 25.1 Å². The van der Waals surface area contributed by atoms with Crippen molar-refractivity contribution in [1.29, 1.82) is 0 Å². The SMILES string of the molecule is O=c1[nH]c2c3cccc(CN4CCC4)c3[nH]c2c2ccccc12. The van der Waals surface area contributed by atoms with Crippen LogP contribution in [0.4, 0.5) is 0 Å². The Hall–Kier alpha value is -2.59. The van der Waals surface area contributed by atoms with Crippen LogP contribution in [0, 0.1) is 0 Å². The van der Waals surface area contributed by atoms with Gasteiger partial charge < -0.3 is 9.97 Å². The van der Waals surface area contributed by atoms with Gasteiger partial charge in [0.15, 0.2) is 0 Å². The van der Waals surface area contributed by atoms with Gasteiger partial charge in [-0.25, -0.2) is 0 Å². The van der Waals surface area contributed by atoms with E-state index in [0.29, 0.717) is 0 Å². The normalized spacial score (nSPS) is 15.5. The Morgan fingerprint density at radius 1 is 0.826 bits per heavy atom. The molecular weight excluding hydrogens is 286 g/mol. The molecule has 3 heterocycles. The second kappa shape index (κ2) is 4.70. The van der Waals surface area contributed by atoms with E-state index in [0.717, 1.165) is 39.3 Å². The van der Waals surface area contributed by atoms with Crippen LogP contribution in [0.15, 0.2) is 47.3 Å². The molecule has 23 heavy (non-hydrogen) atoms. The number of nitrogens with zero attached hydrogens (tertiary/aromatic N) is 1. The zero-order valence-electron chi connectivity index (χ0n) is 12.7. The van der Waals surface area contributed by atoms with E-state index in [4.69, 9.17) is 0 Å². The lowest BCUT2D eigenvalue weighted by molar-refractivity contribution is 0.173. The van der Waals surface area contributed by atoms with E-state index in [2.05, 4.69) is 33.1 Å². The van der Waals surface area contributed by atoms with E-state index < -0.39 is 0 Å². The van der Waals surface area contributed by atoms with E-state index >= 15 is 0 Å². The van der Waals surface area contributed by atoms with Gasteiger partial charge in [0.1, 0.15) is 0 Å². The van der Waals surface area contributed by atoms with Gasteiger partial charge in [0, 0.05) is 22.7 Å². The average molecular weight is 303 g/mol. The minimum absolute atomic E-state index is 0.0258. The van der Waals surface area contributed by atoms with Gasteiger partial charge in [0.2, 0.25) is 0 Å². The third-order valence-corrected chi connectivity index (χ3v) is 4.94. The number of fused-ring (bicyclic) bond motifs is 5. The predicted octanol–water partition coefficient (Wildman–Crippen LogP) is 3.37. The summed E-state index contributed by atoms with van der Waals surface area (Å²) in [6.45, 7) is 3.32. The third-order valence-electron chi connectivity index (χ3n) is 4.94. The first-order valence-corrected chi connectivity index (χ1v) is 8.08. The smallest absolute Gasteiger partial charge is 0.256 e. The minimum Gasteiger partial charge on any atom is -0.352 e. The number of hydrogen-bond donors (Lipinski definition) is 2. The van der Waals surface area contributed by atoms with Crippen molar-refractivity contribution >= 4 is 32.7 Å². The molecule has 0 spiro atoms. The molecule has 1 aliphatic rings. The molecular formula is C19H17N3O. The van der Waals surface area contributed by atoms with Crippen LogP contribution in [0.2, 0.25) is 0 Å². The first-order chi connectivity index (χ1) is 11.3. The molecule has 1 saturated heterocycles. The summed E-state index contributed by atoms with van der Waals surface area (Å²) < 4.78 is 0. The van der Waals surface area contributed by atoms with E-state index in [1.807, 2.05) is 24.3 Å². The minimum atomic E-state index is -0.0258. The molecule has 2 aromatic heterocycles. The number of aromatic amines is 2. The molecule has 5 rings (SSSR count). The summed E-state index contributed by atoms with van der Waals surface area (Å²) in [5.74, 6) is 0. The fourth-order valence-corrected chi connectivity index (χ4v) is 3.60. The zero-order valence-corrected chi connectivity index (χ0v) is 12.7. The van der Waals surface area contributed by atoms with Crippen molar-refractivity contribution in [3.05, 3.63) is 58.4 Å². The number of para-hydroxylation sites is 1. The molecule has 4 aromatic rings. The Morgan fingerprint density at radius 2 is 1.57 bits per heavy atom. The van der Waals surface area contributed by atoms with E-state index in [-0.39, 0.29) is 5.56 Å². The molecule has 0 aliphatic carbocycles. The summed E-state index contributed by atoms with van der Waals surface area (Å²) in [5, 5.41) is 2.81. The molecule has 0 atom stereocenters. The molecule has 1 aliphatic heterocycles. The largest absolute Gasteiger partial charge is 0.352 e. The fraction of sp³-hybridized carbons (Fsp3) is 0.211. The lowest BCUT2D eigenvalue weighted by atomic mass is 10.1. The van der Waals surface area contributed by atoms with Crippen molar-refractivity contribution < 1.29 is 0 Å². The maximum atomic E-state index is 12.4. The van der Waals surface area contributed by atoms with Crippen LogP contribution in [-0.4, -0.2) is 28.0 Å². The van der Waals surface area contributed by atoms with Crippen molar-refractivity contribution in [2.75, 3.05) is 13.1 Å². The van der Waals surface area contributed by atoms with Gasteiger partial charge in [-0.1, -0.05) is 36.4 Å². The topological polar surface area (TPSA) is 51.9 Å². The average Bonchev–Trinajstić information content (AvgIpc) is 2.91. The molecule has 2 N–H and O–H groups in total. The number of nitrogens with one attached hydrogen (secondary N) is 2. The van der Waals surface area contributed by atoms with Crippen LogP contribution in [-0.2, 0) is 6.54 Å². The van der Waals surface area contributed by atoms with Crippen LogP contribution in [0.5, 0.6) is 0 Å². The molecule has 4 heteroatoms. The molecule has 0 unspecified atom stereocenters. The molecule has 0 bridgehead atoms. The first-order valence-electron chi connectivity index (χ1n) is 8.08. The van der Waals surface area contributed by atoms with Gasteiger partial charge in [-0.3, -0.25) is 9.69 Å². The molecule has 2 aromatic carbocycles. The highest BCUT2D eigenvalue weighted by molar-refractivity contribution is 6.15. The van der Waals surface area contributed by atoms with Crippen LogP contribution in [0.3, 0.4) is 0 Å². The summed E-state index contributed by atoms with van der Waals surface area (Å²) in [7, 11) is 0. The van der Waals surface area contributed by atoms with Crippen LogP contribution in [0.25, 0.3) is 32.7 Å². The lowest BCUT2D eigenvalue weighted by Crippen LogP contribution is -2.36. The van der Waals surface area contributed by atoms with Crippen LogP contribution in [0.1, 0.15) is 12.0 Å². The summed E-state index contributed by atoms with van der Waals surface area (Å²) in [6, 6.07) is 14.1. The molecule has 0 radical (unpaired) electrons. The zero-order chi connectivity index (χ0) is 15.4. The standard InChI is InChI=1S/C19H17N3O/c23-19-14-7-2-1-6-13(14)17-18(21-19)15-8-3-5-12(16(15)20-17)11-22-9-4-10-22/h1-3,5-8,20H,4,9-11H2,(H,21,23). The Bertz CT molecular complexity index is 1100. The van der Waals surface area contributed by atoms with E-state index in [1.54, 1.807) is 0 Å². The van der Waals surface area contributed by atoms with Gasteiger partial charge in [-0.15, -0.1) is 0 Å². The highest BCUT2D eigenvalue weighted by Crippen LogP contribution is 2.30. The molecule has 4 nitrogen and oxygen atoms in total. The number of pyridine rings is 1. The van der Waals surface area contributed by atoms with Gasteiger partial charge in [0.05, 0.1) is 16.6 Å². The van der Waals surface area contributed by atoms with Crippen molar-refractivity contribution in [2.45, 2.75) is 13.0 Å². The summed E-state index contributed by atoms with van der Waals surface area (Å²) in [5.41, 5.74) is 4.34. The maximum absolute atomic E-state index is 12.4. The monoisotopic (exact) mass is 303 g/mol. The summed E-state index contributed by atoms with van der Waals surface area (Å²) in [6.07, 6.45) is 1.29. The van der Waals surface area contributed by atoms with Gasteiger partial charge in [-0.2, -0.15) is 0 Å². The van der Waals surface area contributed by atoms with Gasteiger partial charge >= 0.3 is 0 Å². The number of H-pyrrole nitrogens is 2. The Morgan fingerprint density at radius 3 is 2.35 bits per heavy atom. The third kappa shape index (κ3) is 1.85. The van der Waals surface area contributed by atoms with Crippen molar-refractivity contribution in [3.63, 3.8) is 0 Å². The second-order valence-corrected chi connectivity index (χ2v) is 6.34. The van der Waals surface area contributed by atoms with Gasteiger partial charge in [-0.05, 0) is 31.1 Å². The van der Waals surface area contributed by atoms with E-state index in [9.17, 15) is 4.79 Å². The fourth-order valence-electron chi connectivity index (χ4n) is 3.60. The quantitative estimate of drug-likeness (QED) is 0.596. The number of benzene rings is 2. The molecule has 0 saturated carbocycles. The number of likely N-dealkylation sites (tertiary alicyclic amines) is 1. The Labute approximate surface area is 132 Å². The maximum Gasteiger partial charge on any atom is 0.256 e. The molecule has 0 amide bonds. The highest BCUT2D eigenvalue weighted by Gasteiger charge is 2.17. The predicted molar refractivity (Wildman–Crippen MR) is 93.8 cm³/mol. The van der Waals surface area contributed by atoms with Crippen LogP contribution < -0.4 is 5.56 Å². The summed E-state index contributed by atoms with van der Waals surface area (Å²) >= 11 is 0. The van der Waals surface area contributed by atoms with Crippen molar-refractivity contribution in [3.8, 4) is 0 Å². The molecule has 1 fully saturated rings. The number of aromatic nitrogens is 2. The lowest BCUT2D eigenvalue weighted by Gasteiger charge is -2.30. The Kier molecular flexibility index (Phi) is 2.64. The molecule has 114 valence electrons. The van der Waals surface area contributed by atoms with Crippen molar-refractivity contribution in [1.82, 2.24) is 14.9 Å². The first kappa shape index (κ1) is 12.9. The Balaban J connectivity index is 1.85. The highest BCUT2D eigenvalue weighted by atomic mass is 16.1. The second-order valence-electron chi connectivity index (χ2n) is 6.34. The number of rotatable bonds is 2. The van der Waals surface area contributed by atoms with Gasteiger partial charge in [0.25, 0.3) is 5.56 Å². The van der Waals surface area contributed by atoms with Crippen molar-refractivity contribution in [2.24, 2.45) is 0 Å². The summed E-state index contributed by atoms with van der Waals surface area (Å²) in [4.78, 5) is 21.5. The number of hydrogen-bond acceptors (Lipinski definition) is 2. The van der Waals surface area contributed by atoms with Crippen LogP contribution >= 0.6 is 0 Å².